The molecule has 1 aliphatic carbocycles. The van der Waals surface area contributed by atoms with Gasteiger partial charge in [0.05, 0.1) is 17.7 Å². The summed E-state index contributed by atoms with van der Waals surface area (Å²) >= 11 is 3.40. The molecule has 0 unspecified atom stereocenters. The van der Waals surface area contributed by atoms with E-state index in [9.17, 15) is 4.79 Å². The summed E-state index contributed by atoms with van der Waals surface area (Å²) < 4.78 is 6.53. The quantitative estimate of drug-likeness (QED) is 0.514. The van der Waals surface area contributed by atoms with Crippen molar-refractivity contribution in [1.29, 1.82) is 0 Å². The lowest BCUT2D eigenvalue weighted by Gasteiger charge is -2.17. The fourth-order valence-corrected chi connectivity index (χ4v) is 3.37. The van der Waals surface area contributed by atoms with Crippen LogP contribution in [0.15, 0.2) is 27.7 Å². The largest absolute Gasteiger partial charge is 0.490 e. The van der Waals surface area contributed by atoms with Gasteiger partial charge in [-0.2, -0.15) is 0 Å². The first-order chi connectivity index (χ1) is 12.0. The molecule has 0 saturated heterocycles. The number of hydrogen-bond acceptors (Lipinski definition) is 3. The van der Waals surface area contributed by atoms with E-state index in [1.165, 1.54) is 32.1 Å². The number of nitrogens with one attached hydrogen (secondary N) is 1. The number of nitrogens with zero attached hydrogens (tertiary/aromatic N) is 1. The van der Waals surface area contributed by atoms with Crippen LogP contribution in [0, 0.1) is 0 Å². The van der Waals surface area contributed by atoms with Crippen LogP contribution in [-0.4, -0.2) is 24.0 Å². The second-order valence-electron chi connectivity index (χ2n) is 6.77. The van der Waals surface area contributed by atoms with E-state index in [-0.39, 0.29) is 36.4 Å². The molecule has 0 aliphatic heterocycles. The van der Waals surface area contributed by atoms with E-state index in [0.717, 1.165) is 17.3 Å². The summed E-state index contributed by atoms with van der Waals surface area (Å²) in [4.78, 5) is 17.1. The molecule has 0 radical (unpaired) electrons. The highest BCUT2D eigenvalue weighted by molar-refractivity contribution is 9.10. The van der Waals surface area contributed by atoms with Gasteiger partial charge in [-0.05, 0) is 44.9 Å². The Bertz CT molecular complexity index is 615. The number of benzene rings is 1. The predicted octanol–water partition coefficient (Wildman–Crippen LogP) is 4.82. The Morgan fingerprint density at radius 1 is 1.23 bits per heavy atom. The summed E-state index contributed by atoms with van der Waals surface area (Å²) in [6.07, 6.45) is 8.22. The summed E-state index contributed by atoms with van der Waals surface area (Å²) in [5.41, 5.74) is 6.43. The van der Waals surface area contributed by atoms with E-state index in [1.807, 2.05) is 19.9 Å². The Balaban J connectivity index is 0.00000338. The number of nitrogens with two attached hydrogens (primary N) is 1. The fraction of sp³-hybridized carbons (Fsp3) is 0.579. The van der Waals surface area contributed by atoms with E-state index < -0.39 is 0 Å². The van der Waals surface area contributed by atoms with Crippen molar-refractivity contribution in [3.8, 4) is 5.75 Å². The lowest BCUT2D eigenvalue weighted by molar-refractivity contribution is 0.0970. The molecular weight excluding hydrogens is 418 g/mol. The van der Waals surface area contributed by atoms with Gasteiger partial charge in [0.15, 0.2) is 5.96 Å². The number of hydrogen-bond donors (Lipinski definition) is 2. The Morgan fingerprint density at radius 2 is 1.85 bits per heavy atom. The number of carbonyl (C=O) groups is 1. The molecular formula is C19H29BrClN3O2. The fourth-order valence-electron chi connectivity index (χ4n) is 3.01. The summed E-state index contributed by atoms with van der Waals surface area (Å²) in [6.45, 7) is 3.85. The Kier molecular flexibility index (Phi) is 10.0. The zero-order chi connectivity index (χ0) is 18.2. The zero-order valence-corrected chi connectivity index (χ0v) is 17.9. The van der Waals surface area contributed by atoms with E-state index in [0.29, 0.717) is 11.3 Å². The molecule has 0 heterocycles. The van der Waals surface area contributed by atoms with Crippen molar-refractivity contribution in [2.24, 2.45) is 10.7 Å². The van der Waals surface area contributed by atoms with Crippen LogP contribution < -0.4 is 15.8 Å². The number of aliphatic imine (C=N–C) groups is 1. The second-order valence-corrected chi connectivity index (χ2v) is 7.69. The van der Waals surface area contributed by atoms with Gasteiger partial charge in [-0.1, -0.05) is 48.0 Å². The van der Waals surface area contributed by atoms with Gasteiger partial charge in [0.25, 0.3) is 5.91 Å². The smallest absolute Gasteiger partial charge is 0.261 e. The average molecular weight is 447 g/mol. The van der Waals surface area contributed by atoms with Crippen molar-refractivity contribution in [2.45, 2.75) is 70.9 Å². The van der Waals surface area contributed by atoms with Gasteiger partial charge < -0.3 is 10.5 Å². The average Bonchev–Trinajstić information content (AvgIpc) is 2.51. The summed E-state index contributed by atoms with van der Waals surface area (Å²) in [7, 11) is 0. The molecule has 0 atom stereocenters. The minimum absolute atomic E-state index is 0. The second kappa shape index (κ2) is 11.4. The molecule has 1 saturated carbocycles. The van der Waals surface area contributed by atoms with Crippen LogP contribution in [0.4, 0.5) is 0 Å². The van der Waals surface area contributed by atoms with Gasteiger partial charge in [-0.25, -0.2) is 4.99 Å². The summed E-state index contributed by atoms with van der Waals surface area (Å²) in [5.74, 6) is 0.421. The van der Waals surface area contributed by atoms with Gasteiger partial charge in [0.2, 0.25) is 0 Å². The van der Waals surface area contributed by atoms with Crippen molar-refractivity contribution >= 4 is 40.2 Å². The normalized spacial score (nSPS) is 16.4. The number of guanidine groups is 1. The molecule has 0 bridgehead atoms. The maximum absolute atomic E-state index is 12.6. The highest BCUT2D eigenvalue weighted by Gasteiger charge is 2.16. The third-order valence-electron chi connectivity index (χ3n) is 4.19. The van der Waals surface area contributed by atoms with Crippen molar-refractivity contribution in [2.75, 3.05) is 0 Å². The van der Waals surface area contributed by atoms with Gasteiger partial charge in [0.1, 0.15) is 5.75 Å². The van der Waals surface area contributed by atoms with Crippen molar-refractivity contribution in [3.05, 3.63) is 28.2 Å². The maximum Gasteiger partial charge on any atom is 0.261 e. The number of ether oxygens (including phenoxy) is 1. The number of amides is 1. The van der Waals surface area contributed by atoms with Crippen LogP contribution in [0.2, 0.25) is 0 Å². The first-order valence-electron chi connectivity index (χ1n) is 9.06. The Morgan fingerprint density at radius 3 is 2.46 bits per heavy atom. The lowest BCUT2D eigenvalue weighted by atomic mass is 9.97. The zero-order valence-electron chi connectivity index (χ0n) is 15.5. The van der Waals surface area contributed by atoms with E-state index >= 15 is 0 Å². The SMILES string of the molecule is CC(C)Oc1ccc(Br)cc1C(=O)NC(N)=NC1CCCCCCC1.Cl. The molecule has 0 aromatic heterocycles. The number of rotatable bonds is 4. The highest BCUT2D eigenvalue weighted by atomic mass is 79.9. The third kappa shape index (κ3) is 7.54. The topological polar surface area (TPSA) is 76.7 Å². The Labute approximate surface area is 170 Å². The van der Waals surface area contributed by atoms with E-state index in [4.69, 9.17) is 10.5 Å². The van der Waals surface area contributed by atoms with Crippen LogP contribution in [0.5, 0.6) is 5.75 Å². The van der Waals surface area contributed by atoms with E-state index in [2.05, 4.69) is 26.2 Å². The van der Waals surface area contributed by atoms with Gasteiger partial charge in [-0.15, -0.1) is 12.4 Å². The Hall–Kier alpha value is -1.27. The van der Waals surface area contributed by atoms with Gasteiger partial charge >= 0.3 is 0 Å². The molecule has 26 heavy (non-hydrogen) atoms. The monoisotopic (exact) mass is 445 g/mol. The van der Waals surface area contributed by atoms with Crippen LogP contribution in [0.25, 0.3) is 0 Å². The maximum atomic E-state index is 12.6. The van der Waals surface area contributed by atoms with Crippen LogP contribution in [0.3, 0.4) is 0 Å². The molecule has 146 valence electrons. The van der Waals surface area contributed by atoms with Gasteiger partial charge in [-0.3, -0.25) is 10.1 Å². The standard InChI is InChI=1S/C19H28BrN3O2.ClH/c1-13(2)25-17-11-10-14(20)12-16(17)18(24)23-19(21)22-15-8-6-4-3-5-7-9-15;/h10-13,15H,3-9H2,1-2H3,(H3,21,22,23,24);1H. The first-order valence-corrected chi connectivity index (χ1v) is 9.86. The number of carbonyl (C=O) groups excluding carboxylic acids is 1. The predicted molar refractivity (Wildman–Crippen MR) is 112 cm³/mol. The highest BCUT2D eigenvalue weighted by Crippen LogP contribution is 2.24. The molecule has 0 spiro atoms. The van der Waals surface area contributed by atoms with Crippen LogP contribution >= 0.6 is 28.3 Å². The van der Waals surface area contributed by atoms with Crippen LogP contribution in [0.1, 0.15) is 69.2 Å². The van der Waals surface area contributed by atoms with Crippen LogP contribution in [-0.2, 0) is 0 Å². The molecule has 5 nitrogen and oxygen atoms in total. The molecule has 1 amide bonds. The minimum Gasteiger partial charge on any atom is -0.490 e. The number of halogens is 2. The first kappa shape index (κ1) is 22.8. The minimum atomic E-state index is -0.302. The lowest BCUT2D eigenvalue weighted by Crippen LogP contribution is -2.38. The molecule has 1 aromatic carbocycles. The van der Waals surface area contributed by atoms with Gasteiger partial charge in [0, 0.05) is 4.47 Å². The molecule has 1 aromatic rings. The molecule has 1 fully saturated rings. The molecule has 7 heteroatoms. The molecule has 2 rings (SSSR count). The summed E-state index contributed by atoms with van der Waals surface area (Å²) in [5, 5.41) is 2.71. The third-order valence-corrected chi connectivity index (χ3v) is 4.68. The van der Waals surface area contributed by atoms with Crippen molar-refractivity contribution in [1.82, 2.24) is 5.32 Å². The molecule has 3 N–H and O–H groups in total. The van der Waals surface area contributed by atoms with Crippen molar-refractivity contribution in [3.63, 3.8) is 0 Å². The van der Waals surface area contributed by atoms with E-state index in [1.54, 1.807) is 12.1 Å². The summed E-state index contributed by atoms with van der Waals surface area (Å²) in [6, 6.07) is 5.56. The molecule has 1 aliphatic rings. The van der Waals surface area contributed by atoms with Crippen molar-refractivity contribution < 1.29 is 9.53 Å².